The van der Waals surface area contributed by atoms with Crippen LogP contribution in [0.15, 0.2) is 24.3 Å². The summed E-state index contributed by atoms with van der Waals surface area (Å²) in [5.41, 5.74) is 2.73. The lowest BCUT2D eigenvalue weighted by Crippen LogP contribution is -2.20. The normalized spacial score (nSPS) is 11.0. The minimum absolute atomic E-state index is 0.0818. The van der Waals surface area contributed by atoms with Gasteiger partial charge in [0.25, 0.3) is 5.91 Å². The maximum atomic E-state index is 12.1. The number of ether oxygens (including phenoxy) is 1. The minimum Gasteiger partial charge on any atom is -0.484 e. The molecule has 0 aliphatic carbocycles. The van der Waals surface area contributed by atoms with Gasteiger partial charge >= 0.3 is 0 Å². The first kappa shape index (κ1) is 18.0. The predicted molar refractivity (Wildman–Crippen MR) is 97.8 cm³/mol. The lowest BCUT2D eigenvalue weighted by atomic mass is 9.87. The number of carbonyl (C=O) groups excluding carboxylic acids is 1. The Labute approximate surface area is 147 Å². The van der Waals surface area contributed by atoms with Crippen molar-refractivity contribution in [2.45, 2.75) is 40.0 Å². The van der Waals surface area contributed by atoms with E-state index in [1.807, 2.05) is 38.1 Å². The summed E-state index contributed by atoms with van der Waals surface area (Å²) in [4.78, 5) is 13.1. The van der Waals surface area contributed by atoms with Gasteiger partial charge in [-0.3, -0.25) is 4.79 Å². The van der Waals surface area contributed by atoms with Crippen LogP contribution in [0, 0.1) is 25.2 Å². The molecule has 1 aromatic heterocycles. The van der Waals surface area contributed by atoms with Crippen LogP contribution in [0.4, 0.5) is 5.00 Å². The van der Waals surface area contributed by atoms with E-state index in [1.165, 1.54) is 16.9 Å². The SMILES string of the molecule is Cc1sc(NC(=O)COc2ccc(C(C)(C)C)cc2)c(C#N)c1C. The fourth-order valence-electron chi connectivity index (χ4n) is 2.21. The van der Waals surface area contributed by atoms with Crippen molar-refractivity contribution in [2.24, 2.45) is 0 Å². The first-order valence-corrected chi connectivity index (χ1v) is 8.57. The highest BCUT2D eigenvalue weighted by Crippen LogP contribution is 2.31. The number of benzene rings is 1. The molecule has 1 N–H and O–H groups in total. The Kier molecular flexibility index (Phi) is 5.30. The van der Waals surface area contributed by atoms with Gasteiger partial charge in [0.1, 0.15) is 16.8 Å². The van der Waals surface area contributed by atoms with Gasteiger partial charge in [-0.05, 0) is 42.5 Å². The number of aryl methyl sites for hydroxylation is 1. The van der Waals surface area contributed by atoms with Crippen molar-refractivity contribution in [2.75, 3.05) is 11.9 Å². The maximum Gasteiger partial charge on any atom is 0.262 e. The Balaban J connectivity index is 1.97. The highest BCUT2D eigenvalue weighted by molar-refractivity contribution is 7.16. The Bertz CT molecular complexity index is 777. The Morgan fingerprint density at radius 1 is 1.25 bits per heavy atom. The Morgan fingerprint density at radius 3 is 2.42 bits per heavy atom. The molecule has 1 aromatic carbocycles. The first-order chi connectivity index (χ1) is 11.2. The topological polar surface area (TPSA) is 62.1 Å². The van der Waals surface area contributed by atoms with Crippen LogP contribution in [0.25, 0.3) is 0 Å². The molecule has 0 bridgehead atoms. The molecule has 1 heterocycles. The summed E-state index contributed by atoms with van der Waals surface area (Å²) in [5.74, 6) is 0.379. The van der Waals surface area contributed by atoms with Gasteiger partial charge < -0.3 is 10.1 Å². The lowest BCUT2D eigenvalue weighted by molar-refractivity contribution is -0.118. The molecule has 2 rings (SSSR count). The fourth-order valence-corrected chi connectivity index (χ4v) is 3.24. The van der Waals surface area contributed by atoms with Crippen LogP contribution in [0.5, 0.6) is 5.75 Å². The van der Waals surface area contributed by atoms with Crippen molar-refractivity contribution >= 4 is 22.2 Å². The van der Waals surface area contributed by atoms with Crippen LogP contribution in [0.2, 0.25) is 0 Å². The van der Waals surface area contributed by atoms with Crippen molar-refractivity contribution in [3.05, 3.63) is 45.8 Å². The summed E-state index contributed by atoms with van der Waals surface area (Å²) in [7, 11) is 0. The molecule has 0 saturated heterocycles. The van der Waals surface area contributed by atoms with E-state index >= 15 is 0 Å². The Hall–Kier alpha value is -2.32. The molecule has 0 radical (unpaired) electrons. The number of hydrogen-bond acceptors (Lipinski definition) is 4. The van der Waals surface area contributed by atoms with Gasteiger partial charge in [-0.15, -0.1) is 11.3 Å². The van der Waals surface area contributed by atoms with Crippen molar-refractivity contribution in [1.29, 1.82) is 5.26 Å². The highest BCUT2D eigenvalue weighted by atomic mass is 32.1. The van der Waals surface area contributed by atoms with E-state index in [9.17, 15) is 10.1 Å². The van der Waals surface area contributed by atoms with Gasteiger partial charge in [-0.2, -0.15) is 5.26 Å². The van der Waals surface area contributed by atoms with Crippen LogP contribution in [-0.4, -0.2) is 12.5 Å². The minimum atomic E-state index is -0.271. The zero-order valence-corrected chi connectivity index (χ0v) is 15.5. The summed E-state index contributed by atoms with van der Waals surface area (Å²) in [5, 5.41) is 12.5. The number of nitrogens with zero attached hydrogens (tertiary/aromatic N) is 1. The second-order valence-electron chi connectivity index (χ2n) is 6.71. The number of anilines is 1. The van der Waals surface area contributed by atoms with Crippen molar-refractivity contribution in [3.8, 4) is 11.8 Å². The van der Waals surface area contributed by atoms with E-state index < -0.39 is 0 Å². The standard InChI is InChI=1S/C19H22N2O2S/c1-12-13(2)24-18(16(12)10-20)21-17(22)11-23-15-8-6-14(7-9-15)19(3,4)5/h6-9H,11H2,1-5H3,(H,21,22). The molecule has 0 atom stereocenters. The van der Waals surface area contributed by atoms with E-state index in [4.69, 9.17) is 4.74 Å². The van der Waals surface area contributed by atoms with Crippen LogP contribution in [0.1, 0.15) is 42.3 Å². The van der Waals surface area contributed by atoms with Crippen LogP contribution in [0.3, 0.4) is 0 Å². The number of amides is 1. The average molecular weight is 342 g/mol. The number of rotatable bonds is 4. The second kappa shape index (κ2) is 7.06. The summed E-state index contributed by atoms with van der Waals surface area (Å²) < 4.78 is 5.53. The molecular formula is C19H22N2O2S. The largest absolute Gasteiger partial charge is 0.484 e. The number of carbonyl (C=O) groups is 1. The average Bonchev–Trinajstić information content (AvgIpc) is 2.78. The molecule has 5 heteroatoms. The molecule has 126 valence electrons. The van der Waals surface area contributed by atoms with E-state index in [1.54, 1.807) is 0 Å². The van der Waals surface area contributed by atoms with Gasteiger partial charge in [-0.25, -0.2) is 0 Å². The number of nitrogens with one attached hydrogen (secondary N) is 1. The third kappa shape index (κ3) is 4.15. The molecule has 2 aromatic rings. The highest BCUT2D eigenvalue weighted by Gasteiger charge is 2.15. The summed E-state index contributed by atoms with van der Waals surface area (Å²) in [6, 6.07) is 9.89. The predicted octanol–water partition coefficient (Wildman–Crippen LogP) is 4.55. The van der Waals surface area contributed by atoms with Gasteiger partial charge in [0, 0.05) is 4.88 Å². The molecule has 1 amide bonds. The first-order valence-electron chi connectivity index (χ1n) is 7.75. The molecule has 0 fully saturated rings. The van der Waals surface area contributed by atoms with Gasteiger partial charge in [0.2, 0.25) is 0 Å². The van der Waals surface area contributed by atoms with E-state index in [2.05, 4.69) is 32.2 Å². The molecular weight excluding hydrogens is 320 g/mol. The number of nitriles is 1. The molecule has 0 saturated carbocycles. The van der Waals surface area contributed by atoms with E-state index in [0.29, 0.717) is 16.3 Å². The summed E-state index contributed by atoms with van der Waals surface area (Å²) in [6.07, 6.45) is 0. The zero-order valence-electron chi connectivity index (χ0n) is 14.7. The number of hydrogen-bond donors (Lipinski definition) is 1. The third-order valence-corrected chi connectivity index (χ3v) is 4.96. The molecule has 24 heavy (non-hydrogen) atoms. The zero-order chi connectivity index (χ0) is 17.9. The second-order valence-corrected chi connectivity index (χ2v) is 7.94. The smallest absolute Gasteiger partial charge is 0.262 e. The van der Waals surface area contributed by atoms with E-state index in [-0.39, 0.29) is 17.9 Å². The van der Waals surface area contributed by atoms with Crippen LogP contribution >= 0.6 is 11.3 Å². The quantitative estimate of drug-likeness (QED) is 0.886. The van der Waals surface area contributed by atoms with Gasteiger partial charge in [0.05, 0.1) is 5.56 Å². The van der Waals surface area contributed by atoms with Crippen molar-refractivity contribution < 1.29 is 9.53 Å². The van der Waals surface area contributed by atoms with Crippen molar-refractivity contribution in [3.63, 3.8) is 0 Å². The monoisotopic (exact) mass is 342 g/mol. The van der Waals surface area contributed by atoms with Gasteiger partial charge in [-0.1, -0.05) is 32.9 Å². The Morgan fingerprint density at radius 2 is 1.88 bits per heavy atom. The molecule has 0 unspecified atom stereocenters. The van der Waals surface area contributed by atoms with Gasteiger partial charge in [0.15, 0.2) is 6.61 Å². The molecule has 0 aliphatic heterocycles. The number of thiophene rings is 1. The van der Waals surface area contributed by atoms with E-state index in [0.717, 1.165) is 10.4 Å². The third-order valence-electron chi connectivity index (χ3n) is 3.84. The fraction of sp³-hybridized carbons (Fsp3) is 0.368. The van der Waals surface area contributed by atoms with Crippen LogP contribution < -0.4 is 10.1 Å². The summed E-state index contributed by atoms with van der Waals surface area (Å²) >= 11 is 1.41. The van der Waals surface area contributed by atoms with Crippen molar-refractivity contribution in [1.82, 2.24) is 0 Å². The molecule has 0 spiro atoms. The summed E-state index contributed by atoms with van der Waals surface area (Å²) in [6.45, 7) is 10.2. The molecule has 4 nitrogen and oxygen atoms in total. The lowest BCUT2D eigenvalue weighted by Gasteiger charge is -2.19. The van der Waals surface area contributed by atoms with Crippen LogP contribution in [-0.2, 0) is 10.2 Å². The molecule has 0 aliphatic rings. The maximum absolute atomic E-state index is 12.1.